The summed E-state index contributed by atoms with van der Waals surface area (Å²) in [4.78, 5) is 38.6. The lowest BCUT2D eigenvalue weighted by Gasteiger charge is -2.13. The lowest BCUT2D eigenvalue weighted by Crippen LogP contribution is -2.33. The lowest BCUT2D eigenvalue weighted by molar-refractivity contribution is -0.137. The third kappa shape index (κ3) is 6.95. The number of hydrogen-bond donors (Lipinski definition) is 2. The van der Waals surface area contributed by atoms with Crippen LogP contribution in [0.2, 0.25) is 0 Å². The molecule has 0 fully saturated rings. The fourth-order valence-electron chi connectivity index (χ4n) is 1.52. The molecule has 0 saturated heterocycles. The summed E-state index contributed by atoms with van der Waals surface area (Å²) in [5.74, 6) is 3.77. The van der Waals surface area contributed by atoms with E-state index in [-0.39, 0.29) is 37.5 Å². The highest BCUT2D eigenvalue weighted by Gasteiger charge is 2.22. The molecule has 0 aliphatic carbocycles. The van der Waals surface area contributed by atoms with Crippen molar-refractivity contribution in [3.63, 3.8) is 0 Å². The van der Waals surface area contributed by atoms with Crippen molar-refractivity contribution in [1.29, 1.82) is 0 Å². The second kappa shape index (κ2) is 10.00. The zero-order valence-corrected chi connectivity index (χ0v) is 11.6. The number of carbonyl (C=O) groups excluding carboxylic acids is 3. The Morgan fingerprint density at radius 1 is 1.10 bits per heavy atom. The molecule has 0 bridgehead atoms. The maximum Gasteiger partial charge on any atom is 0.253 e. The number of carbonyl (C=O) groups is 3. The van der Waals surface area contributed by atoms with Gasteiger partial charge in [0.2, 0.25) is 5.91 Å². The fourth-order valence-corrected chi connectivity index (χ4v) is 1.52. The van der Waals surface area contributed by atoms with Crippen LogP contribution in [0.1, 0.15) is 0 Å². The Kier molecular flexibility index (Phi) is 8.21. The molecule has 118 valence electrons. The van der Waals surface area contributed by atoms with E-state index in [0.717, 1.165) is 4.90 Å². The Morgan fingerprint density at radius 3 is 2.33 bits per heavy atom. The summed E-state index contributed by atoms with van der Waals surface area (Å²) in [6.07, 6.45) is 2.46. The smallest absolute Gasteiger partial charge is 0.253 e. The van der Waals surface area contributed by atoms with Crippen LogP contribution in [0, 0.1) is 0 Å². The van der Waals surface area contributed by atoms with Gasteiger partial charge in [0.05, 0.1) is 33.0 Å². The summed E-state index contributed by atoms with van der Waals surface area (Å²) in [5, 5.41) is 2.53. The molecule has 0 atom stereocenters. The topological polar surface area (TPSA) is 120 Å². The van der Waals surface area contributed by atoms with Crippen LogP contribution in [0.3, 0.4) is 0 Å². The van der Waals surface area contributed by atoms with E-state index in [4.69, 9.17) is 15.4 Å². The van der Waals surface area contributed by atoms with Gasteiger partial charge in [-0.05, 0) is 0 Å². The van der Waals surface area contributed by atoms with E-state index in [2.05, 4.69) is 10.2 Å². The third-order valence-electron chi connectivity index (χ3n) is 2.51. The van der Waals surface area contributed by atoms with E-state index in [1.807, 2.05) is 0 Å². The molecule has 1 heterocycles. The van der Waals surface area contributed by atoms with Crippen LogP contribution in [0.5, 0.6) is 0 Å². The van der Waals surface area contributed by atoms with Crippen LogP contribution in [-0.4, -0.2) is 68.7 Å². The average Bonchev–Trinajstić information content (AvgIpc) is 2.77. The molecule has 0 aromatic carbocycles. The minimum atomic E-state index is -0.322. The number of nitrogens with zero attached hydrogens (tertiary/aromatic N) is 1. The van der Waals surface area contributed by atoms with Crippen molar-refractivity contribution in [1.82, 2.24) is 10.2 Å². The fraction of sp³-hybridized carbons (Fsp3) is 0.583. The molecule has 21 heavy (non-hydrogen) atoms. The first-order chi connectivity index (χ1) is 10.1. The molecule has 9 heteroatoms. The molecule has 9 nitrogen and oxygen atoms in total. The second-order valence-corrected chi connectivity index (χ2v) is 4.05. The molecule has 0 spiro atoms. The van der Waals surface area contributed by atoms with Gasteiger partial charge in [-0.3, -0.25) is 24.1 Å². The van der Waals surface area contributed by atoms with Crippen molar-refractivity contribution < 1.29 is 28.7 Å². The number of rotatable bonds is 11. The average molecular weight is 301 g/mol. The predicted molar refractivity (Wildman–Crippen MR) is 70.6 cm³/mol. The van der Waals surface area contributed by atoms with E-state index >= 15 is 0 Å². The maximum absolute atomic E-state index is 11.2. The third-order valence-corrected chi connectivity index (χ3v) is 2.51. The van der Waals surface area contributed by atoms with Crippen LogP contribution >= 0.6 is 0 Å². The normalized spacial score (nSPS) is 14.0. The summed E-state index contributed by atoms with van der Waals surface area (Å²) >= 11 is 0. The highest BCUT2D eigenvalue weighted by molar-refractivity contribution is 6.12. The van der Waals surface area contributed by atoms with Crippen molar-refractivity contribution in [2.45, 2.75) is 0 Å². The molecule has 0 saturated carbocycles. The van der Waals surface area contributed by atoms with E-state index in [0.29, 0.717) is 26.4 Å². The van der Waals surface area contributed by atoms with E-state index < -0.39 is 0 Å². The molecular weight excluding hydrogens is 282 g/mol. The number of imide groups is 1. The van der Waals surface area contributed by atoms with Gasteiger partial charge in [0.15, 0.2) is 0 Å². The largest absolute Gasteiger partial charge is 0.377 e. The lowest BCUT2D eigenvalue weighted by atomic mass is 10.5. The van der Waals surface area contributed by atoms with Crippen molar-refractivity contribution in [3.8, 4) is 0 Å². The molecule has 0 aromatic heterocycles. The monoisotopic (exact) mass is 301 g/mol. The minimum absolute atomic E-state index is 0.189. The number of ether oxygens (including phenoxy) is 2. The van der Waals surface area contributed by atoms with Crippen molar-refractivity contribution in [2.75, 3.05) is 46.1 Å². The van der Waals surface area contributed by atoms with Crippen molar-refractivity contribution in [3.05, 3.63) is 12.2 Å². The molecule has 1 aliphatic rings. The van der Waals surface area contributed by atoms with Gasteiger partial charge < -0.3 is 14.8 Å². The molecule has 0 radical (unpaired) electrons. The first-order valence-corrected chi connectivity index (χ1v) is 6.42. The van der Waals surface area contributed by atoms with Crippen LogP contribution in [0.15, 0.2) is 12.2 Å². The molecular formula is C12H19N3O6. The SMILES string of the molecule is NOCC(=O)NCCOCCOCCN1C(=O)C=CC1=O. The van der Waals surface area contributed by atoms with Gasteiger partial charge in [-0.2, -0.15) is 0 Å². The summed E-state index contributed by atoms with van der Waals surface area (Å²) in [7, 11) is 0. The van der Waals surface area contributed by atoms with Gasteiger partial charge in [0.1, 0.15) is 6.61 Å². The van der Waals surface area contributed by atoms with Crippen LogP contribution in [-0.2, 0) is 28.7 Å². The van der Waals surface area contributed by atoms with Crippen LogP contribution in [0.4, 0.5) is 0 Å². The molecule has 1 rings (SSSR count). The van der Waals surface area contributed by atoms with E-state index in [9.17, 15) is 14.4 Å². The zero-order chi connectivity index (χ0) is 15.5. The Labute approximate surface area is 121 Å². The van der Waals surface area contributed by atoms with Crippen LogP contribution in [0.25, 0.3) is 0 Å². The zero-order valence-electron chi connectivity index (χ0n) is 11.6. The Balaban J connectivity index is 1.88. The van der Waals surface area contributed by atoms with Gasteiger partial charge >= 0.3 is 0 Å². The molecule has 0 unspecified atom stereocenters. The molecule has 3 N–H and O–H groups in total. The molecule has 3 amide bonds. The summed E-state index contributed by atoms with van der Waals surface area (Å²) in [6, 6.07) is 0. The summed E-state index contributed by atoms with van der Waals surface area (Å²) < 4.78 is 10.4. The highest BCUT2D eigenvalue weighted by Crippen LogP contribution is 2.02. The summed E-state index contributed by atoms with van der Waals surface area (Å²) in [6.45, 7) is 1.67. The standard InChI is InChI=1S/C12H19N3O6/c13-21-9-10(16)14-3-5-19-7-8-20-6-4-15-11(17)1-2-12(15)18/h1-2H,3-9,13H2,(H,14,16). The van der Waals surface area contributed by atoms with Gasteiger partial charge in [-0.15, -0.1) is 0 Å². The van der Waals surface area contributed by atoms with Crippen molar-refractivity contribution in [2.24, 2.45) is 5.90 Å². The summed E-state index contributed by atoms with van der Waals surface area (Å²) in [5.41, 5.74) is 0. The van der Waals surface area contributed by atoms with Gasteiger partial charge in [-0.1, -0.05) is 0 Å². The minimum Gasteiger partial charge on any atom is -0.377 e. The van der Waals surface area contributed by atoms with Crippen LogP contribution < -0.4 is 11.2 Å². The van der Waals surface area contributed by atoms with E-state index in [1.54, 1.807) is 0 Å². The Morgan fingerprint density at radius 2 is 1.71 bits per heavy atom. The second-order valence-electron chi connectivity index (χ2n) is 4.05. The van der Waals surface area contributed by atoms with Gasteiger partial charge in [0.25, 0.3) is 11.8 Å². The first-order valence-electron chi connectivity index (χ1n) is 6.42. The van der Waals surface area contributed by atoms with E-state index in [1.165, 1.54) is 12.2 Å². The molecule has 0 aromatic rings. The first kappa shape index (κ1) is 17.2. The number of nitrogens with two attached hydrogens (primary N) is 1. The maximum atomic E-state index is 11.2. The number of hydrogen-bond acceptors (Lipinski definition) is 7. The number of amides is 3. The number of nitrogens with one attached hydrogen (secondary N) is 1. The van der Waals surface area contributed by atoms with Gasteiger partial charge in [-0.25, -0.2) is 5.90 Å². The quantitative estimate of drug-likeness (QED) is 0.256. The van der Waals surface area contributed by atoms with Crippen molar-refractivity contribution >= 4 is 17.7 Å². The Hall–Kier alpha value is -1.81. The Bertz CT molecular complexity index is 380. The van der Waals surface area contributed by atoms with Gasteiger partial charge in [0, 0.05) is 18.7 Å². The molecule has 1 aliphatic heterocycles. The highest BCUT2D eigenvalue weighted by atomic mass is 16.6. The predicted octanol–water partition coefficient (Wildman–Crippen LogP) is -2.05.